The third-order valence-corrected chi connectivity index (χ3v) is 3.96. The lowest BCUT2D eigenvalue weighted by Gasteiger charge is -2.17. The van der Waals surface area contributed by atoms with Crippen molar-refractivity contribution in [3.8, 4) is 11.3 Å². The van der Waals surface area contributed by atoms with Gasteiger partial charge in [-0.05, 0) is 25.9 Å². The number of methoxy groups -OCH3 is 2. The number of aryl methyl sites for hydroxylation is 3. The summed E-state index contributed by atoms with van der Waals surface area (Å²) in [5.74, 6) is -1.04. The Bertz CT molecular complexity index is 845. The molecule has 0 aliphatic carbocycles. The molecule has 0 N–H and O–H groups in total. The molecule has 0 unspecified atom stereocenters. The van der Waals surface area contributed by atoms with E-state index >= 15 is 0 Å². The molecule has 0 fully saturated rings. The molecular weight excluding hydrogens is 328 g/mol. The molecule has 0 atom stereocenters. The van der Waals surface area contributed by atoms with Gasteiger partial charge in [-0.2, -0.15) is 0 Å². The third-order valence-electron chi connectivity index (χ3n) is 3.96. The Labute approximate surface area is 144 Å². The van der Waals surface area contributed by atoms with E-state index in [1.807, 2.05) is 0 Å². The van der Waals surface area contributed by atoms with Gasteiger partial charge < -0.3 is 14.0 Å². The molecule has 0 aliphatic heterocycles. The van der Waals surface area contributed by atoms with Gasteiger partial charge in [0.15, 0.2) is 0 Å². The van der Waals surface area contributed by atoms with Gasteiger partial charge in [-0.3, -0.25) is 4.98 Å². The maximum Gasteiger partial charge on any atom is 0.340 e. The Morgan fingerprint density at radius 1 is 0.960 bits per heavy atom. The Hall–Kier alpha value is -3.10. The molecule has 0 amide bonds. The standard InChI is InChI=1S/C16H18N4O5/c1-7-10(15(21)24-5)12(11(8(2)17-7)16(22)25-6)13-14(19-23)18-9(3)20(13)4/h1-6H3. The average molecular weight is 346 g/mol. The van der Waals surface area contributed by atoms with E-state index < -0.39 is 11.9 Å². The molecule has 0 spiro atoms. The van der Waals surface area contributed by atoms with Crippen molar-refractivity contribution in [3.05, 3.63) is 33.2 Å². The minimum absolute atomic E-state index is 0.0569. The summed E-state index contributed by atoms with van der Waals surface area (Å²) in [4.78, 5) is 44.3. The van der Waals surface area contributed by atoms with Crippen molar-refractivity contribution in [2.45, 2.75) is 20.8 Å². The summed E-state index contributed by atoms with van der Waals surface area (Å²) >= 11 is 0. The van der Waals surface area contributed by atoms with Gasteiger partial charge in [-0.1, -0.05) is 0 Å². The first-order valence-corrected chi connectivity index (χ1v) is 7.33. The molecule has 0 aliphatic rings. The van der Waals surface area contributed by atoms with E-state index in [2.05, 4.69) is 15.1 Å². The number of rotatable bonds is 4. The van der Waals surface area contributed by atoms with Crippen LogP contribution in [0.2, 0.25) is 0 Å². The van der Waals surface area contributed by atoms with Crippen LogP contribution in [0.5, 0.6) is 0 Å². The van der Waals surface area contributed by atoms with E-state index in [0.29, 0.717) is 17.2 Å². The highest BCUT2D eigenvalue weighted by molar-refractivity contribution is 6.07. The Morgan fingerprint density at radius 2 is 1.44 bits per heavy atom. The van der Waals surface area contributed by atoms with Gasteiger partial charge in [0, 0.05) is 12.6 Å². The maximum absolute atomic E-state index is 12.4. The van der Waals surface area contributed by atoms with Gasteiger partial charge in [0.1, 0.15) is 11.5 Å². The second-order valence-corrected chi connectivity index (χ2v) is 5.37. The number of nitrogens with zero attached hydrogens (tertiary/aromatic N) is 4. The largest absolute Gasteiger partial charge is 0.465 e. The summed E-state index contributed by atoms with van der Waals surface area (Å²) in [5.41, 5.74) is 1.21. The topological polar surface area (TPSA) is 113 Å². The molecule has 0 aromatic carbocycles. The van der Waals surface area contributed by atoms with Crippen molar-refractivity contribution in [3.63, 3.8) is 0 Å². The first-order chi connectivity index (χ1) is 11.8. The second-order valence-electron chi connectivity index (χ2n) is 5.37. The minimum Gasteiger partial charge on any atom is -0.465 e. The van der Waals surface area contributed by atoms with Gasteiger partial charge in [-0.25, -0.2) is 14.6 Å². The van der Waals surface area contributed by atoms with Crippen molar-refractivity contribution < 1.29 is 19.1 Å². The van der Waals surface area contributed by atoms with Gasteiger partial charge in [0.05, 0.1) is 36.7 Å². The number of esters is 2. The van der Waals surface area contributed by atoms with E-state index in [0.717, 1.165) is 0 Å². The average Bonchev–Trinajstić information content (AvgIpc) is 2.87. The number of hydrogen-bond donors (Lipinski definition) is 0. The molecule has 0 radical (unpaired) electrons. The van der Waals surface area contributed by atoms with Crippen LogP contribution >= 0.6 is 0 Å². The second kappa shape index (κ2) is 6.80. The van der Waals surface area contributed by atoms with Crippen molar-refractivity contribution in [2.75, 3.05) is 14.2 Å². The van der Waals surface area contributed by atoms with Gasteiger partial charge in [0.2, 0.25) is 5.82 Å². The van der Waals surface area contributed by atoms with Crippen molar-refractivity contribution in [2.24, 2.45) is 12.2 Å². The summed E-state index contributed by atoms with van der Waals surface area (Å²) in [6, 6.07) is 0. The van der Waals surface area contributed by atoms with Gasteiger partial charge in [-0.15, -0.1) is 4.91 Å². The molecule has 0 saturated carbocycles. The lowest BCUT2D eigenvalue weighted by molar-refractivity contribution is 0.0599. The monoisotopic (exact) mass is 346 g/mol. The first kappa shape index (κ1) is 18.2. The molecule has 25 heavy (non-hydrogen) atoms. The molecule has 0 saturated heterocycles. The van der Waals surface area contributed by atoms with Crippen LogP contribution in [-0.2, 0) is 16.5 Å². The van der Waals surface area contributed by atoms with Crippen LogP contribution < -0.4 is 0 Å². The molecule has 2 aromatic heterocycles. The molecule has 2 rings (SSSR count). The van der Waals surface area contributed by atoms with Gasteiger partial charge in [0.25, 0.3) is 0 Å². The number of ether oxygens (including phenoxy) is 2. The van der Waals surface area contributed by atoms with E-state index in [1.165, 1.54) is 14.2 Å². The van der Waals surface area contributed by atoms with E-state index in [1.54, 1.807) is 32.4 Å². The highest BCUT2D eigenvalue weighted by Gasteiger charge is 2.31. The van der Waals surface area contributed by atoms with Crippen LogP contribution in [0, 0.1) is 25.7 Å². The smallest absolute Gasteiger partial charge is 0.340 e. The Morgan fingerprint density at radius 3 is 1.84 bits per heavy atom. The van der Waals surface area contributed by atoms with Gasteiger partial charge >= 0.3 is 11.9 Å². The molecule has 0 bridgehead atoms. The summed E-state index contributed by atoms with van der Waals surface area (Å²) in [7, 11) is 4.09. The van der Waals surface area contributed by atoms with Crippen LogP contribution in [0.1, 0.15) is 37.9 Å². The zero-order valence-corrected chi connectivity index (χ0v) is 14.8. The lowest BCUT2D eigenvalue weighted by atomic mass is 9.95. The number of carbonyl (C=O) groups is 2. The summed E-state index contributed by atoms with van der Waals surface area (Å²) in [5, 5.41) is 2.93. The number of imidazole rings is 1. The quantitative estimate of drug-likeness (QED) is 0.617. The fourth-order valence-corrected chi connectivity index (χ4v) is 2.73. The molecule has 9 heteroatoms. The zero-order chi connectivity index (χ0) is 18.9. The normalized spacial score (nSPS) is 10.5. The number of aromatic nitrogens is 3. The predicted octanol–water partition coefficient (Wildman–Crippen LogP) is 2.38. The van der Waals surface area contributed by atoms with Crippen LogP contribution in [0.3, 0.4) is 0 Å². The highest BCUT2D eigenvalue weighted by atomic mass is 16.5. The molecule has 132 valence electrons. The maximum atomic E-state index is 12.4. The molecule has 2 heterocycles. The summed E-state index contributed by atoms with van der Waals surface area (Å²) < 4.78 is 11.2. The van der Waals surface area contributed by atoms with Crippen LogP contribution in [0.25, 0.3) is 11.3 Å². The van der Waals surface area contributed by atoms with E-state index in [-0.39, 0.29) is 28.2 Å². The molecular formula is C16H18N4O5. The predicted molar refractivity (Wildman–Crippen MR) is 88.8 cm³/mol. The number of carbonyl (C=O) groups excluding carboxylic acids is 2. The highest BCUT2D eigenvalue weighted by Crippen LogP contribution is 2.37. The Balaban J connectivity index is 3.08. The number of nitroso groups, excluding NO2 is 1. The number of hydrogen-bond acceptors (Lipinski definition) is 8. The third kappa shape index (κ3) is 2.88. The van der Waals surface area contributed by atoms with Crippen molar-refractivity contribution in [1.82, 2.24) is 14.5 Å². The molecule has 9 nitrogen and oxygen atoms in total. The van der Waals surface area contributed by atoms with Crippen molar-refractivity contribution in [1.29, 1.82) is 0 Å². The zero-order valence-electron chi connectivity index (χ0n) is 14.8. The van der Waals surface area contributed by atoms with E-state index in [9.17, 15) is 14.5 Å². The lowest BCUT2D eigenvalue weighted by Crippen LogP contribution is -2.17. The van der Waals surface area contributed by atoms with Crippen LogP contribution in [0.15, 0.2) is 5.18 Å². The number of pyridine rings is 1. The van der Waals surface area contributed by atoms with E-state index in [4.69, 9.17) is 9.47 Å². The fourth-order valence-electron chi connectivity index (χ4n) is 2.73. The minimum atomic E-state index is -0.694. The van der Waals surface area contributed by atoms with Crippen LogP contribution in [-0.4, -0.2) is 40.7 Å². The summed E-state index contributed by atoms with van der Waals surface area (Å²) in [6.45, 7) is 4.90. The van der Waals surface area contributed by atoms with Crippen molar-refractivity contribution >= 4 is 17.8 Å². The van der Waals surface area contributed by atoms with Crippen LogP contribution in [0.4, 0.5) is 5.82 Å². The fraction of sp³-hybridized carbons (Fsp3) is 0.375. The SMILES string of the molecule is COC(=O)c1c(C)nc(C)c(C(=O)OC)c1-c1c(N=O)nc(C)n1C. The summed E-state index contributed by atoms with van der Waals surface area (Å²) in [6.07, 6.45) is 0. The molecule has 2 aromatic rings. The Kier molecular flexibility index (Phi) is 4.96. The first-order valence-electron chi connectivity index (χ1n) is 7.33.